The first-order valence-electron chi connectivity index (χ1n) is 11.8. The molecule has 0 atom stereocenters. The lowest BCUT2D eigenvalue weighted by Gasteiger charge is -2.14. The van der Waals surface area contributed by atoms with Crippen LogP contribution in [0.1, 0.15) is 17.7 Å². The molecule has 206 valence electrons. The molecule has 4 aromatic rings. The van der Waals surface area contributed by atoms with E-state index in [4.69, 9.17) is 38.5 Å². The summed E-state index contributed by atoms with van der Waals surface area (Å²) in [5, 5.41) is 22.5. The third-order valence-corrected chi connectivity index (χ3v) is 7.64. The van der Waals surface area contributed by atoms with E-state index in [-0.39, 0.29) is 30.3 Å². The number of carbonyl (C=O) groups is 2. The van der Waals surface area contributed by atoms with Gasteiger partial charge in [-0.25, -0.2) is 14.8 Å². The van der Waals surface area contributed by atoms with E-state index >= 15 is 0 Å². The third-order valence-electron chi connectivity index (χ3n) is 5.44. The molecule has 41 heavy (non-hydrogen) atoms. The van der Waals surface area contributed by atoms with Crippen molar-refractivity contribution < 1.29 is 24.2 Å². The quantitative estimate of drug-likeness (QED) is 0.0662. The van der Waals surface area contributed by atoms with Gasteiger partial charge in [-0.1, -0.05) is 47.6 Å². The van der Waals surface area contributed by atoms with Gasteiger partial charge >= 0.3 is 11.9 Å². The molecule has 0 spiro atoms. The van der Waals surface area contributed by atoms with Crippen LogP contribution in [-0.4, -0.2) is 40.2 Å². The fourth-order valence-corrected chi connectivity index (χ4v) is 5.57. The number of halogens is 1. The number of nitrogen functional groups attached to an aromatic ring is 1. The van der Waals surface area contributed by atoms with Crippen molar-refractivity contribution in [3.8, 4) is 33.5 Å². The van der Waals surface area contributed by atoms with Crippen LogP contribution in [0, 0.1) is 17.9 Å². The van der Waals surface area contributed by atoms with Crippen molar-refractivity contribution in [2.75, 3.05) is 18.9 Å². The van der Waals surface area contributed by atoms with Gasteiger partial charge in [0.05, 0.1) is 17.8 Å². The van der Waals surface area contributed by atoms with Crippen molar-refractivity contribution in [1.82, 2.24) is 9.97 Å². The van der Waals surface area contributed by atoms with Crippen molar-refractivity contribution in [2.24, 2.45) is 0 Å². The lowest BCUT2D eigenvalue weighted by Crippen LogP contribution is -2.15. The zero-order chi connectivity index (χ0) is 29.4. The molecule has 0 aliphatic carbocycles. The number of nitriles is 1. The number of esters is 1. The van der Waals surface area contributed by atoms with Crippen LogP contribution in [0.2, 0.25) is 5.02 Å². The molecular weight excluding hydrogens is 586 g/mol. The molecule has 0 radical (unpaired) electrons. The largest absolute Gasteiger partial charge is 0.490 e. The predicted molar refractivity (Wildman–Crippen MR) is 156 cm³/mol. The minimum atomic E-state index is -1.27. The number of nitrogens with two attached hydrogens (primary N) is 1. The fourth-order valence-electron chi connectivity index (χ4n) is 3.62. The molecule has 0 unspecified atom stereocenters. The molecule has 10 nitrogen and oxygen atoms in total. The molecule has 4 rings (SSSR count). The molecule has 0 amide bonds. The Labute approximate surface area is 248 Å². The number of carboxylic acid groups (broad SMARTS) is 1. The molecule has 0 saturated heterocycles. The molecule has 2 aromatic heterocycles. The smallest absolute Gasteiger partial charge is 0.317 e. The maximum Gasteiger partial charge on any atom is 0.317 e. The number of carboxylic acids is 1. The zero-order valence-corrected chi connectivity index (χ0v) is 23.6. The second kappa shape index (κ2) is 13.6. The fraction of sp³-hybridized carbons (Fsp3) is 0.143. The summed E-state index contributed by atoms with van der Waals surface area (Å²) in [5.74, 6) is -1.23. The first-order chi connectivity index (χ1) is 19.8. The Balaban J connectivity index is 1.49. The molecule has 0 saturated carbocycles. The number of nitrogens with zero attached hydrogens (tertiary/aromatic N) is 4. The number of carbonyl (C=O) groups excluding carboxylic acids is 1. The molecule has 0 aliphatic rings. The Kier molecular flexibility index (Phi) is 9.77. The van der Waals surface area contributed by atoms with E-state index < -0.39 is 18.4 Å². The Hall–Kier alpha value is -4.62. The standard InChI is InChI=1S/C28H20ClN5O5S2/c1-32-25-24(16-4-8-20(9-5-16)38-10-11-39-23(37)12-22(35)36)21(13-30)28(34-26(25)31)41-15-19-14-40-27(33-19)17-2-6-18(29)7-3-17/h2-9,14H,10-12,15H2,(H2,31,34)(H,35,36). The number of aliphatic carboxylic acids is 1. The highest BCUT2D eigenvalue weighted by Gasteiger charge is 2.21. The van der Waals surface area contributed by atoms with Crippen molar-refractivity contribution >= 4 is 58.1 Å². The Morgan fingerprint density at radius 3 is 2.49 bits per heavy atom. The molecule has 2 heterocycles. The summed E-state index contributed by atoms with van der Waals surface area (Å²) >= 11 is 8.78. The van der Waals surface area contributed by atoms with Crippen LogP contribution in [-0.2, 0) is 20.1 Å². The number of ether oxygens (including phenoxy) is 2. The van der Waals surface area contributed by atoms with Crippen LogP contribution in [0.25, 0.3) is 26.5 Å². The number of thioether (sulfide) groups is 1. The predicted octanol–water partition coefficient (Wildman–Crippen LogP) is 6.22. The van der Waals surface area contributed by atoms with E-state index in [2.05, 4.69) is 20.9 Å². The Morgan fingerprint density at radius 1 is 1.12 bits per heavy atom. The van der Waals surface area contributed by atoms with Gasteiger partial charge in [-0.05, 0) is 29.8 Å². The molecular formula is C28H20ClN5O5S2. The first-order valence-corrected chi connectivity index (χ1v) is 14.1. The lowest BCUT2D eigenvalue weighted by molar-refractivity contribution is -0.151. The zero-order valence-electron chi connectivity index (χ0n) is 21.2. The van der Waals surface area contributed by atoms with E-state index in [1.54, 1.807) is 36.4 Å². The van der Waals surface area contributed by atoms with Crippen molar-refractivity contribution in [1.29, 1.82) is 5.26 Å². The number of thiazole rings is 1. The van der Waals surface area contributed by atoms with E-state index in [0.29, 0.717) is 32.7 Å². The lowest BCUT2D eigenvalue weighted by atomic mass is 10.00. The first kappa shape index (κ1) is 29.4. The van der Waals surface area contributed by atoms with Gasteiger partial charge in [0.1, 0.15) is 47.3 Å². The van der Waals surface area contributed by atoms with Gasteiger partial charge in [0, 0.05) is 27.3 Å². The summed E-state index contributed by atoms with van der Waals surface area (Å²) in [5.41, 5.74) is 9.14. The third kappa shape index (κ3) is 7.52. The highest BCUT2D eigenvalue weighted by molar-refractivity contribution is 7.98. The summed E-state index contributed by atoms with van der Waals surface area (Å²) in [7, 11) is 0. The van der Waals surface area contributed by atoms with Crippen molar-refractivity contribution in [2.45, 2.75) is 17.2 Å². The maximum absolute atomic E-state index is 11.3. The highest BCUT2D eigenvalue weighted by Crippen LogP contribution is 2.42. The van der Waals surface area contributed by atoms with Crippen LogP contribution in [0.15, 0.2) is 58.9 Å². The van der Waals surface area contributed by atoms with E-state index in [9.17, 15) is 14.9 Å². The number of anilines is 1. The van der Waals surface area contributed by atoms with E-state index in [0.717, 1.165) is 16.3 Å². The second-order valence-corrected chi connectivity index (χ2v) is 10.5. The van der Waals surface area contributed by atoms with Crippen LogP contribution in [0.4, 0.5) is 11.5 Å². The number of pyridine rings is 1. The normalized spacial score (nSPS) is 10.4. The summed E-state index contributed by atoms with van der Waals surface area (Å²) in [6.45, 7) is 7.55. The topological polar surface area (TPSA) is 153 Å². The number of benzene rings is 2. The van der Waals surface area contributed by atoms with Crippen molar-refractivity contribution in [3.63, 3.8) is 0 Å². The number of hydrogen-bond donors (Lipinski definition) is 2. The van der Waals surface area contributed by atoms with Gasteiger partial charge in [-0.3, -0.25) is 9.59 Å². The van der Waals surface area contributed by atoms with Crippen molar-refractivity contribution in [3.05, 3.63) is 81.6 Å². The minimum absolute atomic E-state index is 0.0140. The molecule has 0 bridgehead atoms. The molecule has 3 N–H and O–H groups in total. The SMILES string of the molecule is [C-]#[N+]c1c(N)nc(SCc2csc(-c3ccc(Cl)cc3)n2)c(C#N)c1-c1ccc(OCCOC(=O)CC(=O)O)cc1. The second-order valence-electron chi connectivity index (χ2n) is 8.23. The summed E-state index contributed by atoms with van der Waals surface area (Å²) in [6.07, 6.45) is -0.719. The minimum Gasteiger partial charge on any atom is -0.490 e. The number of hydrogen-bond acceptors (Lipinski definition) is 10. The van der Waals surface area contributed by atoms with Crippen LogP contribution in [0.3, 0.4) is 0 Å². The maximum atomic E-state index is 11.3. The summed E-state index contributed by atoms with van der Waals surface area (Å²) in [6, 6.07) is 16.2. The van der Waals surface area contributed by atoms with E-state index in [1.165, 1.54) is 23.1 Å². The molecule has 0 aliphatic heterocycles. The molecule has 13 heteroatoms. The van der Waals surface area contributed by atoms with E-state index in [1.807, 2.05) is 17.5 Å². The number of aromatic nitrogens is 2. The van der Waals surface area contributed by atoms with Crippen LogP contribution in [0.5, 0.6) is 5.75 Å². The average Bonchev–Trinajstić information content (AvgIpc) is 3.43. The molecule has 2 aromatic carbocycles. The average molecular weight is 606 g/mol. The van der Waals surface area contributed by atoms with Crippen LogP contribution >= 0.6 is 34.7 Å². The van der Waals surface area contributed by atoms with Gasteiger partial charge in [-0.15, -0.1) is 11.3 Å². The van der Waals surface area contributed by atoms with Gasteiger partial charge in [0.15, 0.2) is 0 Å². The summed E-state index contributed by atoms with van der Waals surface area (Å²) < 4.78 is 10.3. The van der Waals surface area contributed by atoms with Gasteiger partial charge < -0.3 is 20.3 Å². The summed E-state index contributed by atoms with van der Waals surface area (Å²) in [4.78, 5) is 34.4. The highest BCUT2D eigenvalue weighted by atomic mass is 35.5. The molecule has 0 fully saturated rings. The number of rotatable bonds is 11. The monoisotopic (exact) mass is 605 g/mol. The van der Waals surface area contributed by atoms with Crippen LogP contribution < -0.4 is 10.5 Å². The Morgan fingerprint density at radius 2 is 1.83 bits per heavy atom. The van der Waals surface area contributed by atoms with Gasteiger partial charge in [0.25, 0.3) is 0 Å². The van der Waals surface area contributed by atoms with Gasteiger partial charge in [-0.2, -0.15) is 5.26 Å². The van der Waals surface area contributed by atoms with Gasteiger partial charge in [0.2, 0.25) is 5.69 Å². The Bertz CT molecular complexity index is 1660.